The van der Waals surface area contributed by atoms with Crippen LogP contribution in [0, 0.1) is 12.8 Å². The highest BCUT2D eigenvalue weighted by Gasteiger charge is 2.14. The van der Waals surface area contributed by atoms with Crippen molar-refractivity contribution in [1.29, 1.82) is 0 Å². The molecule has 0 heterocycles. The molecule has 102 valence electrons. The largest absolute Gasteiger partial charge is 0.376 e. The molecule has 2 atom stereocenters. The Morgan fingerprint density at radius 3 is 2.50 bits per heavy atom. The topological polar surface area (TPSA) is 21.3 Å². The zero-order valence-corrected chi connectivity index (χ0v) is 12.4. The Hall–Kier alpha value is -0.860. The molecule has 1 rings (SSSR count). The number of nitrogens with one attached hydrogen (secondary N) is 1. The van der Waals surface area contributed by atoms with Gasteiger partial charge in [-0.05, 0) is 31.9 Å². The second-order valence-electron chi connectivity index (χ2n) is 5.31. The van der Waals surface area contributed by atoms with E-state index in [2.05, 4.69) is 64.2 Å². The van der Waals surface area contributed by atoms with E-state index in [9.17, 15) is 0 Å². The van der Waals surface area contributed by atoms with Crippen LogP contribution in [-0.2, 0) is 4.74 Å². The van der Waals surface area contributed by atoms with Gasteiger partial charge in [0.2, 0.25) is 0 Å². The van der Waals surface area contributed by atoms with E-state index in [1.165, 1.54) is 11.1 Å². The first kappa shape index (κ1) is 15.2. The molecule has 0 bridgehead atoms. The first-order chi connectivity index (χ1) is 8.54. The first-order valence-corrected chi connectivity index (χ1v) is 6.96. The van der Waals surface area contributed by atoms with Crippen molar-refractivity contribution in [3.63, 3.8) is 0 Å². The van der Waals surface area contributed by atoms with E-state index in [1.807, 2.05) is 0 Å². The maximum atomic E-state index is 5.95. The lowest BCUT2D eigenvalue weighted by Crippen LogP contribution is -2.28. The summed E-state index contributed by atoms with van der Waals surface area (Å²) in [6.07, 6.45) is 0.302. The molecule has 0 aliphatic heterocycles. The third kappa shape index (κ3) is 4.79. The van der Waals surface area contributed by atoms with E-state index in [-0.39, 0.29) is 6.04 Å². The fourth-order valence-corrected chi connectivity index (χ4v) is 1.85. The first-order valence-electron chi connectivity index (χ1n) is 6.96. The summed E-state index contributed by atoms with van der Waals surface area (Å²) < 4.78 is 5.95. The van der Waals surface area contributed by atoms with Crippen LogP contribution in [0.15, 0.2) is 24.3 Å². The van der Waals surface area contributed by atoms with E-state index in [1.54, 1.807) is 0 Å². The highest BCUT2D eigenvalue weighted by Crippen LogP contribution is 2.17. The molecule has 0 aromatic heterocycles. The number of likely N-dealkylation sites (N-methyl/N-ethyl adjacent to an activating group) is 1. The van der Waals surface area contributed by atoms with E-state index in [4.69, 9.17) is 4.74 Å². The minimum absolute atomic E-state index is 0.288. The molecular formula is C16H27NO. The molecule has 1 aromatic carbocycles. The predicted octanol–water partition coefficient (Wildman–Crippen LogP) is 3.71. The second kappa shape index (κ2) is 7.55. The Labute approximate surface area is 112 Å². The molecule has 0 fully saturated rings. The van der Waals surface area contributed by atoms with Crippen molar-refractivity contribution in [3.05, 3.63) is 35.4 Å². The van der Waals surface area contributed by atoms with Crippen molar-refractivity contribution in [2.45, 2.75) is 46.8 Å². The van der Waals surface area contributed by atoms with Crippen LogP contribution in [0.4, 0.5) is 0 Å². The molecule has 2 unspecified atom stereocenters. The lowest BCUT2D eigenvalue weighted by atomic mass is 10.0. The molecule has 0 saturated carbocycles. The minimum atomic E-state index is 0.288. The fraction of sp³-hybridized carbons (Fsp3) is 0.625. The molecule has 18 heavy (non-hydrogen) atoms. The summed E-state index contributed by atoms with van der Waals surface area (Å²) in [7, 11) is 0. The van der Waals surface area contributed by atoms with Crippen molar-refractivity contribution in [1.82, 2.24) is 5.32 Å². The average Bonchev–Trinajstić information content (AvgIpc) is 2.33. The Morgan fingerprint density at radius 2 is 1.94 bits per heavy atom. The Kier molecular flexibility index (Phi) is 6.37. The van der Waals surface area contributed by atoms with Crippen LogP contribution in [0.1, 0.15) is 44.9 Å². The van der Waals surface area contributed by atoms with Gasteiger partial charge in [0.1, 0.15) is 0 Å². The van der Waals surface area contributed by atoms with Gasteiger partial charge in [-0.1, -0.05) is 50.6 Å². The van der Waals surface area contributed by atoms with Gasteiger partial charge in [-0.25, -0.2) is 0 Å². The predicted molar refractivity (Wildman–Crippen MR) is 77.8 cm³/mol. The highest BCUT2D eigenvalue weighted by atomic mass is 16.5. The van der Waals surface area contributed by atoms with E-state index < -0.39 is 0 Å². The third-order valence-electron chi connectivity index (χ3n) is 3.36. The summed E-state index contributed by atoms with van der Waals surface area (Å²) in [6.45, 7) is 12.5. The zero-order chi connectivity index (χ0) is 13.5. The number of benzene rings is 1. The molecule has 0 aliphatic carbocycles. The number of aryl methyl sites for hydroxylation is 1. The molecule has 0 spiro atoms. The highest BCUT2D eigenvalue weighted by molar-refractivity contribution is 5.25. The molecule has 0 radical (unpaired) electrons. The molecule has 0 saturated heterocycles. The molecular weight excluding hydrogens is 222 g/mol. The number of hydrogen-bond acceptors (Lipinski definition) is 2. The van der Waals surface area contributed by atoms with Crippen molar-refractivity contribution < 1.29 is 4.74 Å². The summed E-state index contributed by atoms with van der Waals surface area (Å²) in [6, 6.07) is 8.93. The van der Waals surface area contributed by atoms with Gasteiger partial charge in [-0.15, -0.1) is 0 Å². The van der Waals surface area contributed by atoms with E-state index >= 15 is 0 Å². The number of rotatable bonds is 7. The maximum absolute atomic E-state index is 5.95. The summed E-state index contributed by atoms with van der Waals surface area (Å²) in [5.74, 6) is 0.560. The summed E-state index contributed by atoms with van der Waals surface area (Å²) in [5, 5.41) is 3.50. The van der Waals surface area contributed by atoms with Crippen LogP contribution in [0.2, 0.25) is 0 Å². The average molecular weight is 249 g/mol. The smallest absolute Gasteiger partial charge is 0.0665 e. The van der Waals surface area contributed by atoms with Crippen molar-refractivity contribution >= 4 is 0 Å². The lowest BCUT2D eigenvalue weighted by molar-refractivity contribution is 0.0220. The second-order valence-corrected chi connectivity index (χ2v) is 5.31. The van der Waals surface area contributed by atoms with Crippen molar-refractivity contribution in [2.75, 3.05) is 13.2 Å². The Morgan fingerprint density at radius 1 is 1.22 bits per heavy atom. The van der Waals surface area contributed by atoms with E-state index in [0.29, 0.717) is 12.0 Å². The van der Waals surface area contributed by atoms with Gasteiger partial charge < -0.3 is 10.1 Å². The van der Waals surface area contributed by atoms with E-state index in [0.717, 1.165) is 13.2 Å². The summed E-state index contributed by atoms with van der Waals surface area (Å²) in [4.78, 5) is 0. The lowest BCUT2D eigenvalue weighted by Gasteiger charge is -2.23. The zero-order valence-electron chi connectivity index (χ0n) is 12.4. The summed E-state index contributed by atoms with van der Waals surface area (Å²) >= 11 is 0. The molecule has 0 amide bonds. The van der Waals surface area contributed by atoms with Crippen LogP contribution in [0.25, 0.3) is 0 Å². The van der Waals surface area contributed by atoms with Crippen molar-refractivity contribution in [2.24, 2.45) is 5.92 Å². The van der Waals surface area contributed by atoms with Gasteiger partial charge >= 0.3 is 0 Å². The Balaban J connectivity index is 2.65. The Bertz CT molecular complexity index is 349. The minimum Gasteiger partial charge on any atom is -0.376 e. The normalized spacial score (nSPS) is 14.8. The van der Waals surface area contributed by atoms with Gasteiger partial charge in [0.25, 0.3) is 0 Å². The van der Waals surface area contributed by atoms with Gasteiger partial charge in [-0.2, -0.15) is 0 Å². The number of hydrogen-bond donors (Lipinski definition) is 1. The van der Waals surface area contributed by atoms with Gasteiger partial charge in [-0.3, -0.25) is 0 Å². The monoisotopic (exact) mass is 249 g/mol. The SMILES string of the molecule is CCNC(COC(C)C(C)C)c1cccc(C)c1. The standard InChI is InChI=1S/C16H27NO/c1-6-17-16(11-18-14(5)12(2)3)15-9-7-8-13(4)10-15/h7-10,12,14,16-17H,6,11H2,1-5H3. The van der Waals surface area contributed by atoms with Crippen molar-refractivity contribution in [3.8, 4) is 0 Å². The fourth-order valence-electron chi connectivity index (χ4n) is 1.85. The van der Waals surface area contributed by atoms with Crippen LogP contribution >= 0.6 is 0 Å². The van der Waals surface area contributed by atoms with Crippen LogP contribution in [-0.4, -0.2) is 19.3 Å². The summed E-state index contributed by atoms with van der Waals surface area (Å²) in [5.41, 5.74) is 2.61. The molecule has 2 heteroatoms. The quantitative estimate of drug-likeness (QED) is 0.795. The van der Waals surface area contributed by atoms with Gasteiger partial charge in [0.05, 0.1) is 18.8 Å². The van der Waals surface area contributed by atoms with Crippen LogP contribution in [0.5, 0.6) is 0 Å². The van der Waals surface area contributed by atoms with Gasteiger partial charge in [0, 0.05) is 0 Å². The third-order valence-corrected chi connectivity index (χ3v) is 3.36. The van der Waals surface area contributed by atoms with Crippen LogP contribution < -0.4 is 5.32 Å². The van der Waals surface area contributed by atoms with Gasteiger partial charge in [0.15, 0.2) is 0 Å². The van der Waals surface area contributed by atoms with Crippen LogP contribution in [0.3, 0.4) is 0 Å². The number of ether oxygens (including phenoxy) is 1. The molecule has 2 nitrogen and oxygen atoms in total. The molecule has 1 N–H and O–H groups in total. The molecule has 0 aliphatic rings. The maximum Gasteiger partial charge on any atom is 0.0665 e. The molecule has 1 aromatic rings.